The summed E-state index contributed by atoms with van der Waals surface area (Å²) in [6.07, 6.45) is -4.57. The summed E-state index contributed by atoms with van der Waals surface area (Å²) in [5.41, 5.74) is -1.18. The van der Waals surface area contributed by atoms with E-state index in [1.165, 1.54) is 18.2 Å². The fraction of sp³-hybridized carbons (Fsp3) is 0.200. The molecule has 100 valence electrons. The molecule has 0 aliphatic heterocycles. The summed E-state index contributed by atoms with van der Waals surface area (Å²) in [5, 5.41) is 18.7. The average Bonchev–Trinajstić information content (AvgIpc) is 2.75. The molecule has 2 rings (SSSR count). The predicted molar refractivity (Wildman–Crippen MR) is 55.9 cm³/mol. The van der Waals surface area contributed by atoms with Gasteiger partial charge in [0.1, 0.15) is 6.54 Å². The molecule has 0 radical (unpaired) electrons. The fourth-order valence-electron chi connectivity index (χ4n) is 1.56. The van der Waals surface area contributed by atoms with Crippen LogP contribution in [0.25, 0.3) is 11.4 Å². The minimum absolute atomic E-state index is 0.240. The summed E-state index contributed by atoms with van der Waals surface area (Å²) >= 11 is 0. The van der Waals surface area contributed by atoms with Crippen molar-refractivity contribution >= 4 is 5.97 Å². The van der Waals surface area contributed by atoms with Gasteiger partial charge in [-0.05, 0) is 16.5 Å². The molecule has 0 bridgehead atoms. The second-order valence-electron chi connectivity index (χ2n) is 3.60. The van der Waals surface area contributed by atoms with Gasteiger partial charge in [-0.15, -0.1) is 5.10 Å². The molecule has 0 unspecified atom stereocenters. The number of carbonyl (C=O) groups is 1. The van der Waals surface area contributed by atoms with Gasteiger partial charge in [0, 0.05) is 5.56 Å². The first-order valence-corrected chi connectivity index (χ1v) is 5.04. The number of tetrazole rings is 1. The van der Waals surface area contributed by atoms with Crippen molar-refractivity contribution in [1.82, 2.24) is 20.2 Å². The number of aromatic nitrogens is 4. The molecule has 1 aromatic carbocycles. The largest absolute Gasteiger partial charge is 0.480 e. The molecule has 0 fully saturated rings. The lowest BCUT2D eigenvalue weighted by atomic mass is 10.1. The number of carboxylic acids is 1. The Balaban J connectivity index is 2.54. The van der Waals surface area contributed by atoms with E-state index in [2.05, 4.69) is 15.5 Å². The van der Waals surface area contributed by atoms with Crippen LogP contribution in [-0.2, 0) is 17.5 Å². The molecule has 6 nitrogen and oxygen atoms in total. The van der Waals surface area contributed by atoms with Crippen LogP contribution >= 0.6 is 0 Å². The highest BCUT2D eigenvalue weighted by molar-refractivity contribution is 5.68. The highest BCUT2D eigenvalue weighted by Gasteiger charge is 2.34. The van der Waals surface area contributed by atoms with Crippen LogP contribution in [0.2, 0.25) is 0 Å². The van der Waals surface area contributed by atoms with Gasteiger partial charge in [-0.1, -0.05) is 18.2 Å². The van der Waals surface area contributed by atoms with E-state index in [1.54, 1.807) is 0 Å². The zero-order chi connectivity index (χ0) is 14.0. The lowest BCUT2D eigenvalue weighted by Crippen LogP contribution is -2.14. The molecule has 0 atom stereocenters. The maximum absolute atomic E-state index is 12.8. The van der Waals surface area contributed by atoms with Crippen LogP contribution in [0.3, 0.4) is 0 Å². The zero-order valence-electron chi connectivity index (χ0n) is 9.29. The quantitative estimate of drug-likeness (QED) is 0.914. The standard InChI is InChI=1S/C10H7F3N4O2/c11-10(12,13)7-4-2-1-3-6(7)9-14-15-16-17(9)5-8(18)19/h1-4H,5H2,(H,18,19). The summed E-state index contributed by atoms with van der Waals surface area (Å²) in [4.78, 5) is 10.6. The third kappa shape index (κ3) is 2.69. The minimum atomic E-state index is -4.57. The molecule has 0 aliphatic carbocycles. The zero-order valence-corrected chi connectivity index (χ0v) is 9.29. The van der Waals surface area contributed by atoms with Gasteiger partial charge >= 0.3 is 12.1 Å². The van der Waals surface area contributed by atoms with Crippen molar-refractivity contribution in [3.63, 3.8) is 0 Å². The Kier molecular flexibility index (Phi) is 3.19. The number of rotatable bonds is 3. The van der Waals surface area contributed by atoms with E-state index in [0.717, 1.165) is 10.7 Å². The number of carboxylic acid groups (broad SMARTS) is 1. The summed E-state index contributed by atoms with van der Waals surface area (Å²) in [7, 11) is 0. The van der Waals surface area contributed by atoms with Crippen LogP contribution in [0.5, 0.6) is 0 Å². The lowest BCUT2D eigenvalue weighted by molar-refractivity contribution is -0.138. The molecule has 0 saturated carbocycles. The topological polar surface area (TPSA) is 80.9 Å². The van der Waals surface area contributed by atoms with Gasteiger partial charge in [0.05, 0.1) is 5.56 Å². The molecular formula is C10H7F3N4O2. The van der Waals surface area contributed by atoms with Crippen molar-refractivity contribution in [3.8, 4) is 11.4 Å². The van der Waals surface area contributed by atoms with Crippen molar-refractivity contribution in [3.05, 3.63) is 29.8 Å². The Morgan fingerprint density at radius 3 is 2.63 bits per heavy atom. The monoisotopic (exact) mass is 272 g/mol. The molecule has 1 heterocycles. The molecule has 19 heavy (non-hydrogen) atoms. The van der Waals surface area contributed by atoms with E-state index < -0.39 is 24.3 Å². The van der Waals surface area contributed by atoms with E-state index in [1.807, 2.05) is 0 Å². The Labute approximate surface area is 104 Å². The lowest BCUT2D eigenvalue weighted by Gasteiger charge is -2.11. The van der Waals surface area contributed by atoms with Crippen LogP contribution in [0.15, 0.2) is 24.3 Å². The van der Waals surface area contributed by atoms with Crippen molar-refractivity contribution in [2.45, 2.75) is 12.7 Å². The van der Waals surface area contributed by atoms with Gasteiger partial charge in [-0.2, -0.15) is 13.2 Å². The number of aliphatic carboxylic acids is 1. The summed E-state index contributed by atoms with van der Waals surface area (Å²) in [6, 6.07) is 4.70. The number of halogens is 3. The van der Waals surface area contributed by atoms with Crippen LogP contribution < -0.4 is 0 Å². The van der Waals surface area contributed by atoms with Crippen LogP contribution in [0.4, 0.5) is 13.2 Å². The summed E-state index contributed by atoms with van der Waals surface area (Å²) in [5.74, 6) is -1.49. The molecule has 0 saturated heterocycles. The third-order valence-corrected chi connectivity index (χ3v) is 2.29. The van der Waals surface area contributed by atoms with E-state index in [9.17, 15) is 18.0 Å². The second-order valence-corrected chi connectivity index (χ2v) is 3.60. The first-order valence-electron chi connectivity index (χ1n) is 5.04. The van der Waals surface area contributed by atoms with E-state index in [0.29, 0.717) is 0 Å². The van der Waals surface area contributed by atoms with Crippen LogP contribution in [-0.4, -0.2) is 31.3 Å². The Bertz CT molecular complexity index is 609. The predicted octanol–water partition coefficient (Wildman–Crippen LogP) is 1.44. The summed E-state index contributed by atoms with van der Waals surface area (Å²) < 4.78 is 39.3. The molecule has 1 N–H and O–H groups in total. The van der Waals surface area contributed by atoms with Gasteiger partial charge in [0.15, 0.2) is 5.82 Å². The van der Waals surface area contributed by atoms with Gasteiger partial charge in [-0.3, -0.25) is 4.79 Å². The highest BCUT2D eigenvalue weighted by atomic mass is 19.4. The molecule has 0 amide bonds. The average molecular weight is 272 g/mol. The maximum atomic E-state index is 12.8. The number of nitrogens with zero attached hydrogens (tertiary/aromatic N) is 4. The van der Waals surface area contributed by atoms with Crippen molar-refractivity contribution < 1.29 is 23.1 Å². The van der Waals surface area contributed by atoms with E-state index >= 15 is 0 Å². The van der Waals surface area contributed by atoms with Crippen LogP contribution in [0.1, 0.15) is 5.56 Å². The first kappa shape index (κ1) is 13.0. The molecule has 9 heteroatoms. The van der Waals surface area contributed by atoms with Crippen LogP contribution in [0, 0.1) is 0 Å². The molecular weight excluding hydrogens is 265 g/mol. The normalized spacial score (nSPS) is 11.5. The number of hydrogen-bond acceptors (Lipinski definition) is 4. The van der Waals surface area contributed by atoms with Crippen molar-refractivity contribution in [2.75, 3.05) is 0 Å². The molecule has 1 aromatic heterocycles. The van der Waals surface area contributed by atoms with E-state index in [-0.39, 0.29) is 11.4 Å². The Morgan fingerprint density at radius 1 is 1.32 bits per heavy atom. The molecule has 0 spiro atoms. The maximum Gasteiger partial charge on any atom is 0.417 e. The molecule has 2 aromatic rings. The number of hydrogen-bond donors (Lipinski definition) is 1. The Hall–Kier alpha value is -2.45. The fourth-order valence-corrected chi connectivity index (χ4v) is 1.56. The highest BCUT2D eigenvalue weighted by Crippen LogP contribution is 2.35. The van der Waals surface area contributed by atoms with Gasteiger partial charge in [0.2, 0.25) is 0 Å². The minimum Gasteiger partial charge on any atom is -0.480 e. The number of alkyl halides is 3. The number of benzene rings is 1. The smallest absolute Gasteiger partial charge is 0.417 e. The third-order valence-electron chi connectivity index (χ3n) is 2.29. The van der Waals surface area contributed by atoms with Gasteiger partial charge < -0.3 is 5.11 Å². The van der Waals surface area contributed by atoms with E-state index in [4.69, 9.17) is 5.11 Å². The Morgan fingerprint density at radius 2 is 2.00 bits per heavy atom. The van der Waals surface area contributed by atoms with Gasteiger partial charge in [-0.25, -0.2) is 4.68 Å². The summed E-state index contributed by atoms with van der Waals surface area (Å²) in [6.45, 7) is -0.617. The second kappa shape index (κ2) is 4.67. The van der Waals surface area contributed by atoms with Gasteiger partial charge in [0.25, 0.3) is 0 Å². The van der Waals surface area contributed by atoms with Crippen molar-refractivity contribution in [1.29, 1.82) is 0 Å². The SMILES string of the molecule is O=C(O)Cn1nnnc1-c1ccccc1C(F)(F)F. The first-order chi connectivity index (χ1) is 8.89. The molecule has 0 aliphatic rings. The van der Waals surface area contributed by atoms with Crippen molar-refractivity contribution in [2.24, 2.45) is 0 Å².